The molecule has 1 saturated heterocycles. The van der Waals surface area contributed by atoms with E-state index >= 15 is 0 Å². The lowest BCUT2D eigenvalue weighted by Gasteiger charge is -2.35. The summed E-state index contributed by atoms with van der Waals surface area (Å²) in [5, 5.41) is 15.4. The molecule has 1 aliphatic heterocycles. The number of fused-ring (bicyclic) bond motifs is 5. The van der Waals surface area contributed by atoms with E-state index in [0.29, 0.717) is 12.0 Å². The Labute approximate surface area is 260 Å². The minimum absolute atomic E-state index is 0.0221. The maximum Gasteiger partial charge on any atom is 0.411 e. The van der Waals surface area contributed by atoms with Crippen LogP contribution in [0.5, 0.6) is 0 Å². The SMILES string of the molecule is CC(C)(C)OC(=O)N1[C@@H]2CC[C@@H](C2)[C@H]1C(=O)NC(C#N)Cc1ccc2c3ccccc3c(=O)n(COCC[Si](C)(C)C)c2c1. The zero-order chi connectivity index (χ0) is 31.8. The monoisotopic (exact) mass is 616 g/mol. The molecule has 234 valence electrons. The normalized spacial score (nSPS) is 20.6. The summed E-state index contributed by atoms with van der Waals surface area (Å²) in [6.07, 6.45) is 2.26. The maximum atomic E-state index is 13.6. The molecule has 10 heteroatoms. The van der Waals surface area contributed by atoms with Crippen molar-refractivity contribution in [1.29, 1.82) is 5.26 Å². The fourth-order valence-corrected chi connectivity index (χ4v) is 7.26. The van der Waals surface area contributed by atoms with Crippen molar-refractivity contribution in [3.8, 4) is 6.07 Å². The van der Waals surface area contributed by atoms with E-state index in [1.807, 2.05) is 63.2 Å². The van der Waals surface area contributed by atoms with Crippen LogP contribution in [0.4, 0.5) is 4.79 Å². The molecule has 2 heterocycles. The molecular formula is C34H44N4O5Si. The van der Waals surface area contributed by atoms with Gasteiger partial charge in [0.1, 0.15) is 24.4 Å². The molecule has 2 fully saturated rings. The molecule has 2 aliphatic rings. The molecule has 1 N–H and O–H groups in total. The number of pyridine rings is 1. The molecular weight excluding hydrogens is 572 g/mol. The topological polar surface area (TPSA) is 114 Å². The molecule has 4 atom stereocenters. The lowest BCUT2D eigenvalue weighted by Crippen LogP contribution is -2.55. The summed E-state index contributed by atoms with van der Waals surface area (Å²) in [4.78, 5) is 41.8. The number of likely N-dealkylation sites (tertiary alicyclic amines) is 1. The van der Waals surface area contributed by atoms with Crippen LogP contribution in [0.25, 0.3) is 21.7 Å². The summed E-state index contributed by atoms with van der Waals surface area (Å²) < 4.78 is 13.3. The maximum absolute atomic E-state index is 13.6. The van der Waals surface area contributed by atoms with Gasteiger partial charge in [0, 0.05) is 37.9 Å². The predicted octanol–water partition coefficient (Wildman–Crippen LogP) is 5.81. The molecule has 0 radical (unpaired) electrons. The first-order valence-corrected chi connectivity index (χ1v) is 19.3. The largest absolute Gasteiger partial charge is 0.444 e. The van der Waals surface area contributed by atoms with E-state index in [2.05, 4.69) is 31.0 Å². The molecule has 1 aliphatic carbocycles. The average Bonchev–Trinajstić information content (AvgIpc) is 3.57. The zero-order valence-corrected chi connectivity index (χ0v) is 27.7. The number of amides is 2. The number of carbonyl (C=O) groups is 2. The molecule has 2 bridgehead atoms. The second kappa shape index (κ2) is 12.4. The van der Waals surface area contributed by atoms with Crippen molar-refractivity contribution >= 4 is 41.7 Å². The van der Waals surface area contributed by atoms with Gasteiger partial charge in [-0.2, -0.15) is 5.26 Å². The minimum Gasteiger partial charge on any atom is -0.444 e. The van der Waals surface area contributed by atoms with Crippen molar-refractivity contribution in [3.05, 3.63) is 58.4 Å². The van der Waals surface area contributed by atoms with Gasteiger partial charge in [-0.3, -0.25) is 19.1 Å². The molecule has 1 aromatic heterocycles. The Balaban J connectivity index is 1.38. The van der Waals surface area contributed by atoms with Crippen molar-refractivity contribution < 1.29 is 19.1 Å². The zero-order valence-electron chi connectivity index (χ0n) is 26.7. The van der Waals surface area contributed by atoms with Gasteiger partial charge in [-0.1, -0.05) is 50.0 Å². The number of benzene rings is 2. The van der Waals surface area contributed by atoms with Crippen LogP contribution in [0, 0.1) is 17.2 Å². The lowest BCUT2D eigenvalue weighted by molar-refractivity contribution is -0.128. The summed E-state index contributed by atoms with van der Waals surface area (Å²) >= 11 is 0. The van der Waals surface area contributed by atoms with Gasteiger partial charge < -0.3 is 14.8 Å². The molecule has 3 aromatic rings. The van der Waals surface area contributed by atoms with Gasteiger partial charge in [-0.25, -0.2) is 4.79 Å². The van der Waals surface area contributed by atoms with Gasteiger partial charge in [0.2, 0.25) is 5.91 Å². The highest BCUT2D eigenvalue weighted by atomic mass is 28.3. The fourth-order valence-electron chi connectivity index (χ4n) is 6.50. The predicted molar refractivity (Wildman–Crippen MR) is 174 cm³/mol. The third kappa shape index (κ3) is 6.84. The number of piperidine rings is 1. The van der Waals surface area contributed by atoms with E-state index in [4.69, 9.17) is 9.47 Å². The molecule has 2 aromatic carbocycles. The van der Waals surface area contributed by atoms with Crippen LogP contribution in [0.1, 0.15) is 45.6 Å². The van der Waals surface area contributed by atoms with Crippen LogP contribution >= 0.6 is 0 Å². The highest BCUT2D eigenvalue weighted by molar-refractivity contribution is 6.76. The number of ether oxygens (including phenoxy) is 2. The quantitative estimate of drug-likeness (QED) is 0.185. The van der Waals surface area contributed by atoms with Crippen LogP contribution in [0.15, 0.2) is 47.3 Å². The van der Waals surface area contributed by atoms with Gasteiger partial charge >= 0.3 is 6.09 Å². The third-order valence-corrected chi connectivity index (χ3v) is 10.3. The first kappa shape index (κ1) is 31.7. The average molecular weight is 617 g/mol. The smallest absolute Gasteiger partial charge is 0.411 e. The molecule has 5 rings (SSSR count). The number of nitrogens with one attached hydrogen (secondary N) is 1. The van der Waals surface area contributed by atoms with Gasteiger partial charge in [-0.15, -0.1) is 0 Å². The lowest BCUT2D eigenvalue weighted by atomic mass is 9.97. The number of nitriles is 1. The van der Waals surface area contributed by atoms with Crippen LogP contribution in [-0.2, 0) is 27.4 Å². The third-order valence-electron chi connectivity index (χ3n) is 8.63. The van der Waals surface area contributed by atoms with Crippen molar-refractivity contribution in [2.24, 2.45) is 5.92 Å². The first-order chi connectivity index (χ1) is 20.8. The van der Waals surface area contributed by atoms with E-state index in [0.717, 1.165) is 47.2 Å². The number of rotatable bonds is 9. The summed E-state index contributed by atoms with van der Waals surface area (Å²) in [5.41, 5.74) is 0.747. The Kier molecular flexibility index (Phi) is 8.92. The Morgan fingerprint density at radius 3 is 2.50 bits per heavy atom. The standard InChI is InChI=1S/C34H44N4O5Si/c1-34(2,3)43-33(41)38-25-13-12-23(19-25)30(38)31(39)36-24(20-35)17-22-11-14-27-26-9-7-8-10-28(26)32(40)37(29(27)18-22)21-42-15-16-44(4,5)6/h7-11,14,18,23-25,30H,12-13,15-17,19,21H2,1-6H3,(H,36,39)/t23-,24?,25+,30-/m0/s1. The molecule has 1 saturated carbocycles. The fraction of sp³-hybridized carbons (Fsp3) is 0.529. The van der Waals surface area contributed by atoms with E-state index in [1.165, 1.54) is 0 Å². The molecule has 1 unspecified atom stereocenters. The summed E-state index contributed by atoms with van der Waals surface area (Å²) in [7, 11) is -1.29. The molecule has 44 heavy (non-hydrogen) atoms. The number of aromatic nitrogens is 1. The Bertz CT molecular complexity index is 1660. The van der Waals surface area contributed by atoms with E-state index in [1.54, 1.807) is 9.47 Å². The van der Waals surface area contributed by atoms with Gasteiger partial charge in [0.15, 0.2) is 0 Å². The van der Waals surface area contributed by atoms with E-state index < -0.39 is 31.9 Å². The second-order valence-corrected chi connectivity index (χ2v) is 20.1. The Hall–Kier alpha value is -3.68. The Morgan fingerprint density at radius 2 is 1.82 bits per heavy atom. The van der Waals surface area contributed by atoms with Crippen molar-refractivity contribution in [2.45, 2.75) is 103 Å². The van der Waals surface area contributed by atoms with Crippen LogP contribution in [0.2, 0.25) is 25.7 Å². The highest BCUT2D eigenvalue weighted by Crippen LogP contribution is 2.43. The van der Waals surface area contributed by atoms with Gasteiger partial charge in [0.25, 0.3) is 5.56 Å². The number of hydrogen-bond acceptors (Lipinski definition) is 6. The van der Waals surface area contributed by atoms with Crippen molar-refractivity contribution in [3.63, 3.8) is 0 Å². The number of hydrogen-bond donors (Lipinski definition) is 1. The highest BCUT2D eigenvalue weighted by Gasteiger charge is 2.52. The second-order valence-electron chi connectivity index (χ2n) is 14.4. The van der Waals surface area contributed by atoms with E-state index in [9.17, 15) is 19.6 Å². The Morgan fingerprint density at radius 1 is 1.09 bits per heavy atom. The summed E-state index contributed by atoms with van der Waals surface area (Å²) in [5.74, 6) is -0.273. The van der Waals surface area contributed by atoms with E-state index in [-0.39, 0.29) is 36.6 Å². The minimum atomic E-state index is -1.29. The molecule has 9 nitrogen and oxygen atoms in total. The molecule has 2 amide bonds. The van der Waals surface area contributed by atoms with Crippen LogP contribution < -0.4 is 10.9 Å². The summed E-state index contributed by atoms with van der Waals surface area (Å²) in [6, 6.07) is 15.1. The van der Waals surface area contributed by atoms with Crippen LogP contribution in [0.3, 0.4) is 0 Å². The number of carbonyl (C=O) groups excluding carboxylic acids is 2. The first-order valence-electron chi connectivity index (χ1n) is 15.6. The molecule has 0 spiro atoms. The summed E-state index contributed by atoms with van der Waals surface area (Å²) in [6.45, 7) is 13.0. The van der Waals surface area contributed by atoms with Crippen molar-refractivity contribution in [1.82, 2.24) is 14.8 Å². The van der Waals surface area contributed by atoms with Gasteiger partial charge in [0.05, 0.1) is 11.6 Å². The van der Waals surface area contributed by atoms with Crippen molar-refractivity contribution in [2.75, 3.05) is 6.61 Å². The van der Waals surface area contributed by atoms with Gasteiger partial charge in [-0.05, 0) is 75.1 Å². The van der Waals surface area contributed by atoms with Crippen LogP contribution in [-0.4, -0.2) is 59.9 Å². The number of nitrogens with zero attached hydrogens (tertiary/aromatic N) is 3.